The Balaban J connectivity index is 3.30. The standard InChI is InChI=1S/C9H15N5/c1-4-12-9-7(8(10)11)5(2)6(3)13-14-9/h4H2,1-3H3,(H3,10,11)(H,12,14). The Hall–Kier alpha value is -1.65. The monoisotopic (exact) mass is 193 g/mol. The molecule has 1 aromatic heterocycles. The molecule has 0 amide bonds. The van der Waals surface area contributed by atoms with E-state index >= 15 is 0 Å². The van der Waals surface area contributed by atoms with Crippen molar-refractivity contribution in [1.82, 2.24) is 10.2 Å². The first kappa shape index (κ1) is 10.4. The molecule has 0 aliphatic heterocycles. The second-order valence-electron chi connectivity index (χ2n) is 3.08. The van der Waals surface area contributed by atoms with Crippen LogP contribution in [-0.2, 0) is 0 Å². The van der Waals surface area contributed by atoms with Crippen molar-refractivity contribution in [2.24, 2.45) is 5.73 Å². The van der Waals surface area contributed by atoms with Crippen LogP contribution in [0, 0.1) is 19.3 Å². The van der Waals surface area contributed by atoms with Crippen LogP contribution < -0.4 is 11.1 Å². The van der Waals surface area contributed by atoms with E-state index in [2.05, 4.69) is 15.5 Å². The SMILES string of the molecule is CCNc1nnc(C)c(C)c1C(=N)N. The van der Waals surface area contributed by atoms with E-state index in [0.29, 0.717) is 11.4 Å². The summed E-state index contributed by atoms with van der Waals surface area (Å²) >= 11 is 0. The number of aromatic nitrogens is 2. The summed E-state index contributed by atoms with van der Waals surface area (Å²) in [5.41, 5.74) is 7.85. The van der Waals surface area contributed by atoms with Crippen LogP contribution in [0.1, 0.15) is 23.7 Å². The van der Waals surface area contributed by atoms with Gasteiger partial charge in [-0.2, -0.15) is 5.10 Å². The highest BCUT2D eigenvalue weighted by Crippen LogP contribution is 2.17. The van der Waals surface area contributed by atoms with Gasteiger partial charge < -0.3 is 11.1 Å². The molecule has 5 nitrogen and oxygen atoms in total. The van der Waals surface area contributed by atoms with E-state index in [4.69, 9.17) is 11.1 Å². The molecule has 0 saturated heterocycles. The van der Waals surface area contributed by atoms with E-state index in [9.17, 15) is 0 Å². The molecule has 4 N–H and O–H groups in total. The zero-order valence-corrected chi connectivity index (χ0v) is 8.68. The normalized spacial score (nSPS) is 9.93. The van der Waals surface area contributed by atoms with Gasteiger partial charge in [-0.15, -0.1) is 5.10 Å². The van der Waals surface area contributed by atoms with E-state index in [1.807, 2.05) is 20.8 Å². The molecule has 0 spiro atoms. The number of nitrogens with two attached hydrogens (primary N) is 1. The second-order valence-corrected chi connectivity index (χ2v) is 3.08. The third-order valence-electron chi connectivity index (χ3n) is 2.07. The van der Waals surface area contributed by atoms with Crippen LogP contribution in [0.25, 0.3) is 0 Å². The molecule has 1 heterocycles. The smallest absolute Gasteiger partial charge is 0.159 e. The number of rotatable bonds is 3. The molecule has 76 valence electrons. The van der Waals surface area contributed by atoms with E-state index in [1.54, 1.807) is 0 Å². The van der Waals surface area contributed by atoms with Crippen LogP contribution in [0.2, 0.25) is 0 Å². The Morgan fingerprint density at radius 3 is 2.57 bits per heavy atom. The van der Waals surface area contributed by atoms with Crippen molar-refractivity contribution in [3.63, 3.8) is 0 Å². The number of nitrogens with zero attached hydrogens (tertiary/aromatic N) is 2. The molecule has 0 fully saturated rings. The van der Waals surface area contributed by atoms with Gasteiger partial charge in [0.05, 0.1) is 11.3 Å². The van der Waals surface area contributed by atoms with Gasteiger partial charge in [-0.05, 0) is 26.3 Å². The summed E-state index contributed by atoms with van der Waals surface area (Å²) in [6, 6.07) is 0. The first-order valence-corrected chi connectivity index (χ1v) is 4.50. The highest BCUT2D eigenvalue weighted by molar-refractivity contribution is 6.00. The molecule has 0 atom stereocenters. The molecule has 0 saturated carbocycles. The lowest BCUT2D eigenvalue weighted by Gasteiger charge is -2.11. The van der Waals surface area contributed by atoms with Crippen molar-refractivity contribution >= 4 is 11.7 Å². The van der Waals surface area contributed by atoms with Gasteiger partial charge in [0.2, 0.25) is 0 Å². The fourth-order valence-electron chi connectivity index (χ4n) is 1.23. The molecule has 0 radical (unpaired) electrons. The topological polar surface area (TPSA) is 87.7 Å². The molecule has 1 aromatic rings. The molecular formula is C9H15N5. The van der Waals surface area contributed by atoms with Crippen molar-refractivity contribution in [3.8, 4) is 0 Å². The van der Waals surface area contributed by atoms with Gasteiger partial charge in [0.1, 0.15) is 5.84 Å². The van der Waals surface area contributed by atoms with Gasteiger partial charge in [0.25, 0.3) is 0 Å². The van der Waals surface area contributed by atoms with Crippen LogP contribution in [0.15, 0.2) is 0 Å². The lowest BCUT2D eigenvalue weighted by molar-refractivity contribution is 0.947. The number of amidine groups is 1. The van der Waals surface area contributed by atoms with E-state index in [-0.39, 0.29) is 5.84 Å². The maximum atomic E-state index is 7.46. The molecule has 14 heavy (non-hydrogen) atoms. The largest absolute Gasteiger partial charge is 0.384 e. The average molecular weight is 193 g/mol. The van der Waals surface area contributed by atoms with Crippen molar-refractivity contribution in [3.05, 3.63) is 16.8 Å². The Bertz CT molecular complexity index is 358. The summed E-state index contributed by atoms with van der Waals surface area (Å²) in [6.45, 7) is 6.43. The van der Waals surface area contributed by atoms with Gasteiger partial charge in [0, 0.05) is 6.54 Å². The van der Waals surface area contributed by atoms with Gasteiger partial charge in [-0.25, -0.2) is 0 Å². The molecule has 1 rings (SSSR count). The summed E-state index contributed by atoms with van der Waals surface area (Å²) in [6.07, 6.45) is 0. The zero-order chi connectivity index (χ0) is 10.7. The highest BCUT2D eigenvalue weighted by atomic mass is 15.2. The fraction of sp³-hybridized carbons (Fsp3) is 0.444. The number of hydrogen-bond donors (Lipinski definition) is 3. The van der Waals surface area contributed by atoms with Crippen LogP contribution in [0.3, 0.4) is 0 Å². The van der Waals surface area contributed by atoms with Gasteiger partial charge in [0.15, 0.2) is 5.82 Å². The maximum absolute atomic E-state index is 7.46. The lowest BCUT2D eigenvalue weighted by atomic mass is 10.1. The minimum atomic E-state index is 0.0245. The van der Waals surface area contributed by atoms with Gasteiger partial charge >= 0.3 is 0 Å². The van der Waals surface area contributed by atoms with Crippen molar-refractivity contribution in [2.45, 2.75) is 20.8 Å². The van der Waals surface area contributed by atoms with Crippen molar-refractivity contribution < 1.29 is 0 Å². The quantitative estimate of drug-likeness (QED) is 0.489. The first-order valence-electron chi connectivity index (χ1n) is 4.50. The highest BCUT2D eigenvalue weighted by Gasteiger charge is 2.12. The van der Waals surface area contributed by atoms with E-state index < -0.39 is 0 Å². The minimum absolute atomic E-state index is 0.0245. The summed E-state index contributed by atoms with van der Waals surface area (Å²) in [5.74, 6) is 0.611. The predicted molar refractivity (Wildman–Crippen MR) is 56.7 cm³/mol. The number of aryl methyl sites for hydroxylation is 1. The molecule has 0 unspecified atom stereocenters. The Morgan fingerprint density at radius 1 is 1.43 bits per heavy atom. The molecule has 0 aromatic carbocycles. The van der Waals surface area contributed by atoms with E-state index in [1.165, 1.54) is 0 Å². The van der Waals surface area contributed by atoms with E-state index in [0.717, 1.165) is 17.8 Å². The van der Waals surface area contributed by atoms with Crippen LogP contribution >= 0.6 is 0 Å². The Kier molecular flexibility index (Phi) is 3.01. The minimum Gasteiger partial charge on any atom is -0.384 e. The van der Waals surface area contributed by atoms with Gasteiger partial charge in [-0.1, -0.05) is 0 Å². The number of anilines is 1. The Morgan fingerprint density at radius 2 is 2.07 bits per heavy atom. The molecule has 0 aliphatic carbocycles. The van der Waals surface area contributed by atoms with Crippen LogP contribution in [0.5, 0.6) is 0 Å². The lowest BCUT2D eigenvalue weighted by Crippen LogP contribution is -2.18. The third-order valence-corrected chi connectivity index (χ3v) is 2.07. The number of nitrogen functional groups attached to an aromatic ring is 1. The van der Waals surface area contributed by atoms with Crippen molar-refractivity contribution in [1.29, 1.82) is 5.41 Å². The zero-order valence-electron chi connectivity index (χ0n) is 8.68. The van der Waals surface area contributed by atoms with Crippen LogP contribution in [-0.4, -0.2) is 22.6 Å². The third kappa shape index (κ3) is 1.81. The predicted octanol–water partition coefficient (Wildman–Crippen LogP) is 0.809. The number of hydrogen-bond acceptors (Lipinski definition) is 4. The van der Waals surface area contributed by atoms with Crippen molar-refractivity contribution in [2.75, 3.05) is 11.9 Å². The fourth-order valence-corrected chi connectivity index (χ4v) is 1.23. The number of nitrogens with one attached hydrogen (secondary N) is 2. The second kappa shape index (κ2) is 4.04. The summed E-state index contributed by atoms with van der Waals surface area (Å²) in [5, 5.41) is 18.4. The average Bonchev–Trinajstić information content (AvgIpc) is 2.11. The maximum Gasteiger partial charge on any atom is 0.159 e. The summed E-state index contributed by atoms with van der Waals surface area (Å²) in [4.78, 5) is 0. The Labute approximate surface area is 83.2 Å². The first-order chi connectivity index (χ1) is 6.57. The van der Waals surface area contributed by atoms with Crippen LogP contribution in [0.4, 0.5) is 5.82 Å². The molecule has 0 aliphatic rings. The molecule has 5 heteroatoms. The summed E-state index contributed by atoms with van der Waals surface area (Å²) < 4.78 is 0. The summed E-state index contributed by atoms with van der Waals surface area (Å²) in [7, 11) is 0. The van der Waals surface area contributed by atoms with Gasteiger partial charge in [-0.3, -0.25) is 5.41 Å². The molecule has 0 bridgehead atoms. The molecular weight excluding hydrogens is 178 g/mol.